The van der Waals surface area contributed by atoms with Gasteiger partial charge in [-0.2, -0.15) is 0 Å². The summed E-state index contributed by atoms with van der Waals surface area (Å²) in [6.45, 7) is 14.8. The van der Waals surface area contributed by atoms with Gasteiger partial charge in [-0.25, -0.2) is 0 Å². The number of ether oxygens (including phenoxy) is 2. The first-order chi connectivity index (χ1) is 26.7. The normalized spacial score (nSPS) is 13.9. The third-order valence-corrected chi connectivity index (χ3v) is 12.5. The quantitative estimate of drug-likeness (QED) is 0.0491. The molecular formula is C49H95NO5. The number of esters is 2. The van der Waals surface area contributed by atoms with Crippen molar-refractivity contribution in [1.82, 2.24) is 4.90 Å². The third kappa shape index (κ3) is 29.7. The Morgan fingerprint density at radius 1 is 0.600 bits per heavy atom. The molecule has 326 valence electrons. The number of unbranched alkanes of at least 4 members (excludes halogenated alkanes) is 20. The van der Waals surface area contributed by atoms with E-state index in [0.29, 0.717) is 18.4 Å². The second-order valence-corrected chi connectivity index (χ2v) is 18.4. The summed E-state index contributed by atoms with van der Waals surface area (Å²) in [6.07, 6.45) is 40.3. The SMILES string of the molecule is CCCCCCCCCOC(=O)C(C)(C)CCCCCCN(CCCO)CCCCC1(CCC(=O)OC(CCCCCCCC)CCCCCCCC)CC1. The predicted octanol–water partition coefficient (Wildman–Crippen LogP) is 14.1. The van der Waals surface area contributed by atoms with Crippen LogP contribution in [0.25, 0.3) is 0 Å². The molecule has 1 N–H and O–H groups in total. The van der Waals surface area contributed by atoms with E-state index >= 15 is 0 Å². The molecule has 0 amide bonds. The molecule has 1 aliphatic carbocycles. The van der Waals surface area contributed by atoms with Gasteiger partial charge < -0.3 is 19.5 Å². The van der Waals surface area contributed by atoms with Crippen molar-refractivity contribution in [2.24, 2.45) is 10.8 Å². The Hall–Kier alpha value is -1.14. The maximum atomic E-state index is 13.1. The van der Waals surface area contributed by atoms with Crippen LogP contribution >= 0.6 is 0 Å². The van der Waals surface area contributed by atoms with Crippen molar-refractivity contribution in [2.75, 3.05) is 32.8 Å². The molecule has 1 rings (SSSR count). The lowest BCUT2D eigenvalue weighted by atomic mass is 9.87. The number of hydrogen-bond donors (Lipinski definition) is 1. The Morgan fingerprint density at radius 2 is 1.07 bits per heavy atom. The van der Waals surface area contributed by atoms with Gasteiger partial charge in [0.05, 0.1) is 12.0 Å². The van der Waals surface area contributed by atoms with Crippen LogP contribution in [0.3, 0.4) is 0 Å². The summed E-state index contributed by atoms with van der Waals surface area (Å²) in [7, 11) is 0. The molecule has 55 heavy (non-hydrogen) atoms. The van der Waals surface area contributed by atoms with Gasteiger partial charge in [0.2, 0.25) is 0 Å². The summed E-state index contributed by atoms with van der Waals surface area (Å²) in [4.78, 5) is 28.3. The van der Waals surface area contributed by atoms with E-state index < -0.39 is 5.41 Å². The maximum Gasteiger partial charge on any atom is 0.311 e. The molecule has 6 heteroatoms. The van der Waals surface area contributed by atoms with Crippen molar-refractivity contribution in [3.63, 3.8) is 0 Å². The van der Waals surface area contributed by atoms with E-state index in [-0.39, 0.29) is 24.6 Å². The number of rotatable bonds is 42. The molecule has 6 nitrogen and oxygen atoms in total. The molecular weight excluding hydrogens is 683 g/mol. The summed E-state index contributed by atoms with van der Waals surface area (Å²) >= 11 is 0. The largest absolute Gasteiger partial charge is 0.465 e. The first-order valence-corrected chi connectivity index (χ1v) is 24.4. The summed E-state index contributed by atoms with van der Waals surface area (Å²) in [5, 5.41) is 9.51. The highest BCUT2D eigenvalue weighted by Crippen LogP contribution is 2.53. The minimum Gasteiger partial charge on any atom is -0.465 e. The molecule has 0 aromatic carbocycles. The Labute approximate surface area is 342 Å². The van der Waals surface area contributed by atoms with Crippen LogP contribution in [0.1, 0.15) is 253 Å². The Kier molecular flexibility index (Phi) is 32.9. The lowest BCUT2D eigenvalue weighted by Gasteiger charge is -2.24. The standard InChI is InChI=1S/C49H95NO5/c1-6-9-12-15-18-23-30-44-54-47(53)48(4,5)35-26-21-22-28-40-50(42-31-43-51)41-29-27-36-49(38-39-49)37-34-46(52)55-45(32-24-19-16-13-10-7-2)33-25-20-17-14-11-8-3/h45,51H,6-44H2,1-5H3. The van der Waals surface area contributed by atoms with E-state index in [1.807, 2.05) is 13.8 Å². The summed E-state index contributed by atoms with van der Waals surface area (Å²) < 4.78 is 11.8. The Morgan fingerprint density at radius 3 is 1.62 bits per heavy atom. The van der Waals surface area contributed by atoms with Crippen molar-refractivity contribution < 1.29 is 24.2 Å². The van der Waals surface area contributed by atoms with Crippen molar-refractivity contribution in [3.05, 3.63) is 0 Å². The maximum absolute atomic E-state index is 13.1. The summed E-state index contributed by atoms with van der Waals surface area (Å²) in [5.74, 6) is 0.0125. The molecule has 1 aliphatic rings. The summed E-state index contributed by atoms with van der Waals surface area (Å²) in [5.41, 5.74) is -0.0342. The Balaban J connectivity index is 2.30. The molecule has 1 saturated carbocycles. The second-order valence-electron chi connectivity index (χ2n) is 18.4. The van der Waals surface area contributed by atoms with Crippen LogP contribution < -0.4 is 0 Å². The average Bonchev–Trinajstić information content (AvgIpc) is 3.95. The topological polar surface area (TPSA) is 76.1 Å². The van der Waals surface area contributed by atoms with Crippen molar-refractivity contribution in [1.29, 1.82) is 0 Å². The van der Waals surface area contributed by atoms with Crippen LogP contribution in [-0.4, -0.2) is 60.9 Å². The zero-order valence-electron chi connectivity index (χ0n) is 37.7. The van der Waals surface area contributed by atoms with E-state index in [1.165, 1.54) is 154 Å². The molecule has 0 atom stereocenters. The molecule has 0 saturated heterocycles. The minimum atomic E-state index is -0.406. The fourth-order valence-electron chi connectivity index (χ4n) is 8.22. The molecule has 0 heterocycles. The van der Waals surface area contributed by atoms with E-state index in [4.69, 9.17) is 9.47 Å². The molecule has 0 aromatic rings. The fourth-order valence-corrected chi connectivity index (χ4v) is 8.22. The first-order valence-electron chi connectivity index (χ1n) is 24.4. The third-order valence-electron chi connectivity index (χ3n) is 12.5. The fraction of sp³-hybridized carbons (Fsp3) is 0.959. The van der Waals surface area contributed by atoms with Crippen LogP contribution in [0.15, 0.2) is 0 Å². The van der Waals surface area contributed by atoms with Crippen LogP contribution in [0.5, 0.6) is 0 Å². The molecule has 0 aromatic heterocycles. The number of aliphatic hydroxyl groups excluding tert-OH is 1. The minimum absolute atomic E-state index is 0.0344. The number of carbonyl (C=O) groups is 2. The van der Waals surface area contributed by atoms with Crippen LogP contribution in [0, 0.1) is 10.8 Å². The summed E-state index contributed by atoms with van der Waals surface area (Å²) in [6, 6.07) is 0. The van der Waals surface area contributed by atoms with Crippen LogP contribution in [-0.2, 0) is 19.1 Å². The molecule has 0 spiro atoms. The van der Waals surface area contributed by atoms with E-state index in [1.54, 1.807) is 0 Å². The monoisotopic (exact) mass is 778 g/mol. The zero-order valence-corrected chi connectivity index (χ0v) is 37.7. The predicted molar refractivity (Wildman–Crippen MR) is 235 cm³/mol. The lowest BCUT2D eigenvalue weighted by Crippen LogP contribution is -2.28. The van der Waals surface area contributed by atoms with Gasteiger partial charge in [0.1, 0.15) is 6.10 Å². The number of aliphatic hydroxyl groups is 1. The second kappa shape index (κ2) is 34.9. The molecule has 0 radical (unpaired) electrons. The van der Waals surface area contributed by atoms with E-state index in [9.17, 15) is 14.7 Å². The van der Waals surface area contributed by atoms with E-state index in [2.05, 4.69) is 25.7 Å². The average molecular weight is 778 g/mol. The van der Waals surface area contributed by atoms with Gasteiger partial charge in [-0.05, 0) is 116 Å². The number of carbonyl (C=O) groups excluding carboxylic acids is 2. The van der Waals surface area contributed by atoms with Gasteiger partial charge in [0.25, 0.3) is 0 Å². The lowest BCUT2D eigenvalue weighted by molar-refractivity contribution is -0.154. The van der Waals surface area contributed by atoms with Crippen LogP contribution in [0.2, 0.25) is 0 Å². The van der Waals surface area contributed by atoms with Crippen LogP contribution in [0.4, 0.5) is 0 Å². The highest BCUT2D eigenvalue weighted by Gasteiger charge is 2.41. The highest BCUT2D eigenvalue weighted by atomic mass is 16.5. The molecule has 0 bridgehead atoms. The molecule has 0 aliphatic heterocycles. The van der Waals surface area contributed by atoms with Gasteiger partial charge in [0, 0.05) is 19.6 Å². The van der Waals surface area contributed by atoms with Crippen molar-refractivity contribution in [3.8, 4) is 0 Å². The zero-order chi connectivity index (χ0) is 40.3. The van der Waals surface area contributed by atoms with Gasteiger partial charge >= 0.3 is 11.9 Å². The number of nitrogens with zero attached hydrogens (tertiary/aromatic N) is 1. The van der Waals surface area contributed by atoms with E-state index in [0.717, 1.165) is 77.4 Å². The molecule has 0 unspecified atom stereocenters. The first kappa shape index (κ1) is 51.9. The van der Waals surface area contributed by atoms with Gasteiger partial charge in [0.15, 0.2) is 0 Å². The van der Waals surface area contributed by atoms with Gasteiger partial charge in [-0.3, -0.25) is 9.59 Å². The highest BCUT2D eigenvalue weighted by molar-refractivity contribution is 5.75. The van der Waals surface area contributed by atoms with Crippen molar-refractivity contribution in [2.45, 2.75) is 259 Å². The van der Waals surface area contributed by atoms with Gasteiger partial charge in [-0.15, -0.1) is 0 Å². The molecule has 1 fully saturated rings. The smallest absolute Gasteiger partial charge is 0.311 e. The Bertz CT molecular complexity index is 871. The van der Waals surface area contributed by atoms with Crippen molar-refractivity contribution >= 4 is 11.9 Å². The number of hydrogen-bond acceptors (Lipinski definition) is 6. The van der Waals surface area contributed by atoms with Gasteiger partial charge in [-0.1, -0.05) is 149 Å².